The second-order valence-electron chi connectivity index (χ2n) is 8.31. The summed E-state index contributed by atoms with van der Waals surface area (Å²) in [6, 6.07) is 5.75. The Hall–Kier alpha value is -3.07. The number of nitrogens with one attached hydrogen (secondary N) is 1. The van der Waals surface area contributed by atoms with Crippen molar-refractivity contribution in [1.82, 2.24) is 20.5 Å². The number of rotatable bonds is 4. The number of alkyl halides is 1. The lowest BCUT2D eigenvalue weighted by Gasteiger charge is -2.38. The molecule has 2 bridgehead atoms. The SMILES string of the molecule is Cc1cnc(-c2cc(O)c(-c3ccc(N(C)[C@@H]4CC5CCC(N5)[C@@H]4F)nn3)cc2F)o1. The highest BCUT2D eigenvalue weighted by Gasteiger charge is 2.43. The monoisotopic (exact) mass is 427 g/mol. The third-order valence-corrected chi connectivity index (χ3v) is 6.28. The minimum Gasteiger partial charge on any atom is -0.507 e. The molecule has 0 spiro atoms. The Morgan fingerprint density at radius 3 is 2.74 bits per heavy atom. The van der Waals surface area contributed by atoms with Gasteiger partial charge in [-0.3, -0.25) is 0 Å². The van der Waals surface area contributed by atoms with Gasteiger partial charge in [-0.15, -0.1) is 10.2 Å². The number of anilines is 1. The summed E-state index contributed by atoms with van der Waals surface area (Å²) in [6.07, 6.45) is 3.07. The van der Waals surface area contributed by atoms with Crippen molar-refractivity contribution in [2.24, 2.45) is 0 Å². The number of phenols is 1. The minimum absolute atomic E-state index is 0.0631. The van der Waals surface area contributed by atoms with Gasteiger partial charge in [-0.1, -0.05) is 0 Å². The number of fused-ring (bicyclic) bond motifs is 2. The Morgan fingerprint density at radius 2 is 2.03 bits per heavy atom. The lowest BCUT2D eigenvalue weighted by Crippen LogP contribution is -2.55. The van der Waals surface area contributed by atoms with E-state index < -0.39 is 12.0 Å². The lowest BCUT2D eigenvalue weighted by atomic mass is 9.96. The summed E-state index contributed by atoms with van der Waals surface area (Å²) < 4.78 is 34.9. The standard InChI is InChI=1S/C22H23F2N5O2/c1-11-10-25-22(31-11)13-9-19(30)14(8-15(13)23)16-5-6-20(28-27-16)29(2)18-7-12-3-4-17(26-12)21(18)24/h5-6,8-10,12,17-18,21,26,30H,3-4,7H2,1-2H3/t12?,17?,18-,21+/m1/s1. The quantitative estimate of drug-likeness (QED) is 0.658. The highest BCUT2D eigenvalue weighted by atomic mass is 19.1. The molecule has 2 aliphatic heterocycles. The zero-order chi connectivity index (χ0) is 21.7. The largest absolute Gasteiger partial charge is 0.507 e. The maximum atomic E-state index is 14.9. The Labute approximate surface area is 178 Å². The molecule has 2 fully saturated rings. The Balaban J connectivity index is 1.39. The molecule has 0 aliphatic carbocycles. The topological polar surface area (TPSA) is 87.3 Å². The summed E-state index contributed by atoms with van der Waals surface area (Å²) in [5, 5.41) is 22.1. The van der Waals surface area contributed by atoms with E-state index in [0.29, 0.717) is 29.7 Å². The second kappa shape index (κ2) is 7.56. The summed E-state index contributed by atoms with van der Waals surface area (Å²) in [6.45, 7) is 1.70. The summed E-state index contributed by atoms with van der Waals surface area (Å²) in [7, 11) is 1.82. The second-order valence-corrected chi connectivity index (χ2v) is 8.31. The molecule has 2 aromatic heterocycles. The van der Waals surface area contributed by atoms with E-state index in [1.165, 1.54) is 18.3 Å². The lowest BCUT2D eigenvalue weighted by molar-refractivity contribution is 0.176. The first-order valence-corrected chi connectivity index (χ1v) is 10.3. The van der Waals surface area contributed by atoms with E-state index in [1.807, 2.05) is 11.9 Å². The van der Waals surface area contributed by atoms with Crippen LogP contribution in [0, 0.1) is 12.7 Å². The number of benzene rings is 1. The molecule has 0 amide bonds. The number of piperidine rings is 1. The Bertz CT molecular complexity index is 1100. The van der Waals surface area contributed by atoms with E-state index in [1.54, 1.807) is 19.1 Å². The number of aromatic hydroxyl groups is 1. The molecule has 2 saturated heterocycles. The van der Waals surface area contributed by atoms with E-state index in [2.05, 4.69) is 20.5 Å². The Morgan fingerprint density at radius 1 is 1.19 bits per heavy atom. The predicted molar refractivity (Wildman–Crippen MR) is 111 cm³/mol. The molecule has 2 aliphatic rings. The summed E-state index contributed by atoms with van der Waals surface area (Å²) in [4.78, 5) is 5.82. The summed E-state index contributed by atoms with van der Waals surface area (Å²) in [5.41, 5.74) is 0.577. The van der Waals surface area contributed by atoms with Crippen LogP contribution in [0.1, 0.15) is 25.0 Å². The first-order valence-electron chi connectivity index (χ1n) is 10.3. The summed E-state index contributed by atoms with van der Waals surface area (Å²) >= 11 is 0. The average Bonchev–Trinajstić information content (AvgIpc) is 3.38. The van der Waals surface area contributed by atoms with E-state index in [0.717, 1.165) is 12.8 Å². The molecule has 162 valence electrons. The van der Waals surface area contributed by atoms with Gasteiger partial charge in [0.2, 0.25) is 5.89 Å². The number of aryl methyl sites for hydroxylation is 1. The van der Waals surface area contributed by atoms with Crippen LogP contribution >= 0.6 is 0 Å². The fourth-order valence-corrected chi connectivity index (χ4v) is 4.59. The molecule has 4 atom stereocenters. The van der Waals surface area contributed by atoms with E-state index in [4.69, 9.17) is 4.42 Å². The average molecular weight is 427 g/mol. The van der Waals surface area contributed by atoms with Crippen LogP contribution in [0.4, 0.5) is 14.6 Å². The number of nitrogens with zero attached hydrogens (tertiary/aromatic N) is 4. The first-order chi connectivity index (χ1) is 14.9. The molecule has 31 heavy (non-hydrogen) atoms. The normalized spacial score (nSPS) is 25.0. The highest BCUT2D eigenvalue weighted by Crippen LogP contribution is 2.36. The fourth-order valence-electron chi connectivity index (χ4n) is 4.59. The smallest absolute Gasteiger partial charge is 0.229 e. The highest BCUT2D eigenvalue weighted by molar-refractivity contribution is 5.72. The molecule has 1 aromatic carbocycles. The molecule has 5 rings (SSSR count). The van der Waals surface area contributed by atoms with Crippen molar-refractivity contribution in [2.75, 3.05) is 11.9 Å². The van der Waals surface area contributed by atoms with Crippen LogP contribution in [0.5, 0.6) is 5.75 Å². The van der Waals surface area contributed by atoms with Crippen LogP contribution in [0.25, 0.3) is 22.7 Å². The van der Waals surface area contributed by atoms with Gasteiger partial charge < -0.3 is 19.7 Å². The Kier molecular flexibility index (Phi) is 4.85. The number of oxazole rings is 1. The molecule has 0 radical (unpaired) electrons. The molecule has 2 unspecified atom stereocenters. The maximum absolute atomic E-state index is 14.9. The minimum atomic E-state index is -0.977. The maximum Gasteiger partial charge on any atom is 0.229 e. The summed E-state index contributed by atoms with van der Waals surface area (Å²) in [5.74, 6) is 0.409. The van der Waals surface area contributed by atoms with Gasteiger partial charge in [-0.25, -0.2) is 13.8 Å². The van der Waals surface area contributed by atoms with Crippen molar-refractivity contribution < 1.29 is 18.3 Å². The molecule has 4 heterocycles. The fraction of sp³-hybridized carbons (Fsp3) is 0.409. The van der Waals surface area contributed by atoms with Gasteiger partial charge in [0.05, 0.1) is 23.5 Å². The zero-order valence-electron chi connectivity index (χ0n) is 17.2. The first kappa shape index (κ1) is 19.9. The van der Waals surface area contributed by atoms with Crippen LogP contribution in [0.2, 0.25) is 0 Å². The van der Waals surface area contributed by atoms with Gasteiger partial charge in [0.15, 0.2) is 5.82 Å². The van der Waals surface area contributed by atoms with Crippen molar-refractivity contribution in [3.63, 3.8) is 0 Å². The number of hydrogen-bond acceptors (Lipinski definition) is 7. The van der Waals surface area contributed by atoms with Crippen LogP contribution < -0.4 is 10.2 Å². The third-order valence-electron chi connectivity index (χ3n) is 6.28. The molecule has 0 saturated carbocycles. The van der Waals surface area contributed by atoms with Crippen molar-refractivity contribution in [3.05, 3.63) is 42.0 Å². The van der Waals surface area contributed by atoms with E-state index in [9.17, 15) is 13.9 Å². The van der Waals surface area contributed by atoms with Crippen molar-refractivity contribution in [3.8, 4) is 28.5 Å². The van der Waals surface area contributed by atoms with E-state index in [-0.39, 0.29) is 34.9 Å². The number of aromatic nitrogens is 3. The molecule has 7 nitrogen and oxygen atoms in total. The zero-order valence-corrected chi connectivity index (χ0v) is 17.2. The van der Waals surface area contributed by atoms with Gasteiger partial charge >= 0.3 is 0 Å². The van der Waals surface area contributed by atoms with Gasteiger partial charge in [0.25, 0.3) is 0 Å². The predicted octanol–water partition coefficient (Wildman–Crippen LogP) is 3.62. The van der Waals surface area contributed by atoms with Gasteiger partial charge in [0, 0.05) is 24.7 Å². The number of halogens is 2. The number of hydrogen-bond donors (Lipinski definition) is 2. The number of phenolic OH excluding ortho intramolecular Hbond substituents is 1. The van der Waals surface area contributed by atoms with E-state index >= 15 is 0 Å². The van der Waals surface area contributed by atoms with Crippen LogP contribution in [-0.2, 0) is 0 Å². The van der Waals surface area contributed by atoms with Crippen LogP contribution in [0.3, 0.4) is 0 Å². The van der Waals surface area contributed by atoms with Gasteiger partial charge in [-0.05, 0) is 50.5 Å². The molecular formula is C22H23F2N5O2. The van der Waals surface area contributed by atoms with Crippen molar-refractivity contribution >= 4 is 5.82 Å². The molecule has 2 N–H and O–H groups in total. The van der Waals surface area contributed by atoms with Crippen LogP contribution in [0.15, 0.2) is 34.9 Å². The molecular weight excluding hydrogens is 404 g/mol. The van der Waals surface area contributed by atoms with Gasteiger partial charge in [-0.2, -0.15) is 0 Å². The van der Waals surface area contributed by atoms with Crippen molar-refractivity contribution in [2.45, 2.75) is 50.5 Å². The third kappa shape index (κ3) is 3.52. The molecule has 3 aromatic rings. The van der Waals surface area contributed by atoms with Crippen LogP contribution in [-0.4, -0.2) is 51.6 Å². The molecule has 9 heteroatoms. The van der Waals surface area contributed by atoms with Crippen molar-refractivity contribution in [1.29, 1.82) is 0 Å². The van der Waals surface area contributed by atoms with Gasteiger partial charge in [0.1, 0.15) is 23.5 Å².